The second-order valence-electron chi connectivity index (χ2n) is 6.88. The van der Waals surface area contributed by atoms with Gasteiger partial charge in [0.25, 0.3) is 0 Å². The van der Waals surface area contributed by atoms with Crippen LogP contribution in [0.15, 0.2) is 0 Å². The molecule has 92 valence electrons. The SMILES string of the molecule is CC(C)CC(C)C(C)(C)C(C)CC(C)C. The highest BCUT2D eigenvalue weighted by Gasteiger charge is 2.32. The van der Waals surface area contributed by atoms with E-state index in [1.165, 1.54) is 12.8 Å². The number of rotatable bonds is 6. The second-order valence-corrected chi connectivity index (χ2v) is 6.88. The first-order valence-corrected chi connectivity index (χ1v) is 6.67. The van der Waals surface area contributed by atoms with Crippen LogP contribution in [0, 0.1) is 29.1 Å². The van der Waals surface area contributed by atoms with E-state index in [-0.39, 0.29) is 0 Å². The molecule has 15 heavy (non-hydrogen) atoms. The first kappa shape index (κ1) is 15.0. The molecular formula is C15H32. The van der Waals surface area contributed by atoms with Crippen molar-refractivity contribution in [1.82, 2.24) is 0 Å². The van der Waals surface area contributed by atoms with Gasteiger partial charge in [0, 0.05) is 0 Å². The third-order valence-electron chi connectivity index (χ3n) is 4.19. The van der Waals surface area contributed by atoms with Gasteiger partial charge in [0.15, 0.2) is 0 Å². The molecule has 0 heterocycles. The summed E-state index contributed by atoms with van der Waals surface area (Å²) in [5.41, 5.74) is 0.481. The monoisotopic (exact) mass is 212 g/mol. The molecule has 0 saturated carbocycles. The lowest BCUT2D eigenvalue weighted by molar-refractivity contribution is 0.104. The molecule has 0 radical (unpaired) electrons. The Hall–Kier alpha value is 0. The summed E-state index contributed by atoms with van der Waals surface area (Å²) >= 11 is 0. The summed E-state index contributed by atoms with van der Waals surface area (Å²) in [6.07, 6.45) is 2.71. The van der Waals surface area contributed by atoms with E-state index in [1.807, 2.05) is 0 Å². The quantitative estimate of drug-likeness (QED) is 0.554. The van der Waals surface area contributed by atoms with Crippen molar-refractivity contribution in [2.75, 3.05) is 0 Å². The molecule has 0 N–H and O–H groups in total. The lowest BCUT2D eigenvalue weighted by atomic mass is 9.66. The summed E-state index contributed by atoms with van der Waals surface area (Å²) < 4.78 is 0. The zero-order valence-corrected chi connectivity index (χ0v) is 12.2. The molecule has 0 heteroatoms. The highest BCUT2D eigenvalue weighted by Crippen LogP contribution is 2.41. The molecule has 0 aromatic heterocycles. The van der Waals surface area contributed by atoms with Crippen LogP contribution in [0.3, 0.4) is 0 Å². The van der Waals surface area contributed by atoms with Gasteiger partial charge in [-0.05, 0) is 41.9 Å². The Kier molecular flexibility index (Phi) is 5.92. The van der Waals surface area contributed by atoms with Crippen LogP contribution in [0.2, 0.25) is 0 Å². The van der Waals surface area contributed by atoms with E-state index in [4.69, 9.17) is 0 Å². The van der Waals surface area contributed by atoms with E-state index in [0.717, 1.165) is 23.7 Å². The van der Waals surface area contributed by atoms with E-state index in [1.54, 1.807) is 0 Å². The van der Waals surface area contributed by atoms with Crippen LogP contribution in [-0.4, -0.2) is 0 Å². The van der Waals surface area contributed by atoms with Crippen LogP contribution in [0.4, 0.5) is 0 Å². The maximum atomic E-state index is 2.45. The first-order valence-electron chi connectivity index (χ1n) is 6.67. The van der Waals surface area contributed by atoms with Crippen molar-refractivity contribution >= 4 is 0 Å². The smallest absolute Gasteiger partial charge is 0.0303 e. The molecule has 0 bridgehead atoms. The van der Waals surface area contributed by atoms with Crippen molar-refractivity contribution in [3.8, 4) is 0 Å². The van der Waals surface area contributed by atoms with Gasteiger partial charge in [-0.3, -0.25) is 0 Å². The Morgan fingerprint density at radius 2 is 0.933 bits per heavy atom. The number of hydrogen-bond acceptors (Lipinski definition) is 0. The predicted octanol–water partition coefficient (Wildman–Crippen LogP) is 5.38. The van der Waals surface area contributed by atoms with Crippen LogP contribution in [0.5, 0.6) is 0 Å². The lowest BCUT2D eigenvalue weighted by Crippen LogP contribution is -2.31. The van der Waals surface area contributed by atoms with Gasteiger partial charge in [0.05, 0.1) is 0 Å². The van der Waals surface area contributed by atoms with Gasteiger partial charge in [-0.2, -0.15) is 0 Å². The molecule has 0 amide bonds. The Morgan fingerprint density at radius 3 is 1.13 bits per heavy atom. The third kappa shape index (κ3) is 5.04. The van der Waals surface area contributed by atoms with E-state index < -0.39 is 0 Å². The highest BCUT2D eigenvalue weighted by molar-refractivity contribution is 4.81. The minimum atomic E-state index is 0.481. The van der Waals surface area contributed by atoms with E-state index in [0.29, 0.717) is 5.41 Å². The van der Waals surface area contributed by atoms with Crippen LogP contribution in [-0.2, 0) is 0 Å². The molecule has 0 aliphatic rings. The van der Waals surface area contributed by atoms with Gasteiger partial charge in [0.2, 0.25) is 0 Å². The van der Waals surface area contributed by atoms with Crippen molar-refractivity contribution in [2.24, 2.45) is 29.1 Å². The molecule has 0 aromatic carbocycles. The van der Waals surface area contributed by atoms with Crippen LogP contribution < -0.4 is 0 Å². The lowest BCUT2D eigenvalue weighted by Gasteiger charge is -2.39. The zero-order valence-electron chi connectivity index (χ0n) is 12.2. The molecule has 0 nitrogen and oxygen atoms in total. The van der Waals surface area contributed by atoms with E-state index in [9.17, 15) is 0 Å². The van der Waals surface area contributed by atoms with Gasteiger partial charge in [-0.1, -0.05) is 55.4 Å². The third-order valence-corrected chi connectivity index (χ3v) is 4.19. The molecule has 2 atom stereocenters. The van der Waals surface area contributed by atoms with Gasteiger partial charge in [0.1, 0.15) is 0 Å². The van der Waals surface area contributed by atoms with Crippen LogP contribution in [0.25, 0.3) is 0 Å². The molecule has 0 rings (SSSR count). The van der Waals surface area contributed by atoms with E-state index >= 15 is 0 Å². The Bertz CT molecular complexity index is 147. The zero-order chi connectivity index (χ0) is 12.2. The average molecular weight is 212 g/mol. The fourth-order valence-corrected chi connectivity index (χ4v) is 2.51. The van der Waals surface area contributed by atoms with Crippen molar-refractivity contribution in [3.05, 3.63) is 0 Å². The van der Waals surface area contributed by atoms with Crippen LogP contribution in [0.1, 0.15) is 68.2 Å². The molecule has 0 aliphatic heterocycles. The molecule has 0 aromatic rings. The Morgan fingerprint density at radius 1 is 0.667 bits per heavy atom. The van der Waals surface area contributed by atoms with Crippen molar-refractivity contribution in [2.45, 2.75) is 68.2 Å². The predicted molar refractivity (Wildman–Crippen MR) is 71.0 cm³/mol. The summed E-state index contributed by atoms with van der Waals surface area (Å²) in [4.78, 5) is 0. The Balaban J connectivity index is 4.36. The molecule has 2 unspecified atom stereocenters. The van der Waals surface area contributed by atoms with Gasteiger partial charge >= 0.3 is 0 Å². The largest absolute Gasteiger partial charge is 0.0628 e. The molecule has 0 saturated heterocycles. The molecule has 0 fully saturated rings. The minimum Gasteiger partial charge on any atom is -0.0628 e. The Labute approximate surface area is 97.8 Å². The van der Waals surface area contributed by atoms with Crippen LogP contribution >= 0.6 is 0 Å². The number of hydrogen-bond donors (Lipinski definition) is 0. The standard InChI is InChI=1S/C15H32/c1-11(2)9-13(5)15(7,8)14(6)10-12(3)4/h11-14H,9-10H2,1-8H3. The van der Waals surface area contributed by atoms with Crippen molar-refractivity contribution < 1.29 is 0 Å². The summed E-state index contributed by atoms with van der Waals surface area (Å²) in [6, 6.07) is 0. The molecular weight excluding hydrogens is 180 g/mol. The minimum absolute atomic E-state index is 0.481. The van der Waals surface area contributed by atoms with Gasteiger partial charge in [-0.15, -0.1) is 0 Å². The van der Waals surface area contributed by atoms with E-state index in [2.05, 4.69) is 55.4 Å². The first-order chi connectivity index (χ1) is 6.67. The second kappa shape index (κ2) is 5.92. The average Bonchev–Trinajstić information content (AvgIpc) is 2.01. The summed E-state index contributed by atoms with van der Waals surface area (Å²) in [7, 11) is 0. The topological polar surface area (TPSA) is 0 Å². The van der Waals surface area contributed by atoms with Crippen molar-refractivity contribution in [1.29, 1.82) is 0 Å². The summed E-state index contributed by atoms with van der Waals surface area (Å²) in [5, 5.41) is 0. The van der Waals surface area contributed by atoms with Crippen molar-refractivity contribution in [3.63, 3.8) is 0 Å². The summed E-state index contributed by atoms with van der Waals surface area (Å²) in [5.74, 6) is 3.30. The van der Waals surface area contributed by atoms with Gasteiger partial charge < -0.3 is 0 Å². The molecule has 0 aliphatic carbocycles. The van der Waals surface area contributed by atoms with Gasteiger partial charge in [-0.25, -0.2) is 0 Å². The summed E-state index contributed by atoms with van der Waals surface area (Å²) in [6.45, 7) is 19.1. The normalized spacial score (nSPS) is 17.2. The maximum absolute atomic E-state index is 2.45. The fraction of sp³-hybridized carbons (Fsp3) is 1.00. The maximum Gasteiger partial charge on any atom is -0.0303 e. The molecule has 0 spiro atoms. The fourth-order valence-electron chi connectivity index (χ4n) is 2.51. The highest BCUT2D eigenvalue weighted by atomic mass is 14.4.